The lowest BCUT2D eigenvalue weighted by Gasteiger charge is -2.06. The van der Waals surface area contributed by atoms with E-state index in [1.165, 1.54) is 4.88 Å². The van der Waals surface area contributed by atoms with E-state index >= 15 is 0 Å². The Kier molecular flexibility index (Phi) is 5.44. The monoisotopic (exact) mass is 410 g/mol. The number of aryl methyl sites for hydroxylation is 4. The summed E-state index contributed by atoms with van der Waals surface area (Å²) in [5, 5.41) is 3.57. The van der Waals surface area contributed by atoms with E-state index in [9.17, 15) is 14.4 Å². The van der Waals surface area contributed by atoms with Gasteiger partial charge >= 0.3 is 0 Å². The molecule has 150 valence electrons. The highest BCUT2D eigenvalue weighted by Crippen LogP contribution is 2.34. The zero-order valence-corrected chi connectivity index (χ0v) is 16.7. The van der Waals surface area contributed by atoms with Gasteiger partial charge in [-0.2, -0.15) is 0 Å². The van der Waals surface area contributed by atoms with E-state index in [1.54, 1.807) is 23.5 Å². The van der Waals surface area contributed by atoms with Gasteiger partial charge < -0.3 is 16.0 Å². The minimum Gasteiger partial charge on any atom is -0.370 e. The van der Waals surface area contributed by atoms with Crippen LogP contribution in [0.4, 0.5) is 5.69 Å². The predicted molar refractivity (Wildman–Crippen MR) is 113 cm³/mol. The van der Waals surface area contributed by atoms with Crippen LogP contribution in [-0.2, 0) is 35.3 Å². The molecule has 2 heterocycles. The van der Waals surface area contributed by atoms with Crippen LogP contribution in [0, 0.1) is 0 Å². The maximum Gasteiger partial charge on any atom is 0.259 e. The minimum atomic E-state index is -0.334. The number of carbonyl (C=O) groups excluding carboxylic acids is 2. The summed E-state index contributed by atoms with van der Waals surface area (Å²) in [5.74, 6) is 0.0602. The summed E-state index contributed by atoms with van der Waals surface area (Å²) in [7, 11) is 0. The van der Waals surface area contributed by atoms with Crippen molar-refractivity contribution in [3.8, 4) is 0 Å². The van der Waals surface area contributed by atoms with Gasteiger partial charge in [-0.3, -0.25) is 14.4 Å². The summed E-state index contributed by atoms with van der Waals surface area (Å²) < 4.78 is 0. The molecule has 2 amide bonds. The van der Waals surface area contributed by atoms with E-state index in [-0.39, 0.29) is 23.8 Å². The third kappa shape index (κ3) is 4.37. The molecule has 4 N–H and O–H groups in total. The average molecular weight is 410 g/mol. The molecule has 1 aliphatic rings. The topological polar surface area (TPSA) is 118 Å². The van der Waals surface area contributed by atoms with Crippen LogP contribution in [0.5, 0.6) is 0 Å². The summed E-state index contributed by atoms with van der Waals surface area (Å²) >= 11 is 1.60. The van der Waals surface area contributed by atoms with Crippen LogP contribution >= 0.6 is 11.3 Å². The number of aromatic nitrogens is 2. The molecule has 1 aromatic carbocycles. The summed E-state index contributed by atoms with van der Waals surface area (Å²) in [4.78, 5) is 45.0. The van der Waals surface area contributed by atoms with Crippen molar-refractivity contribution in [1.82, 2.24) is 9.97 Å². The molecule has 0 spiro atoms. The number of primary amides is 1. The number of fused-ring (bicyclic) bond motifs is 3. The van der Waals surface area contributed by atoms with Gasteiger partial charge in [0.05, 0.1) is 5.39 Å². The lowest BCUT2D eigenvalue weighted by Crippen LogP contribution is -2.16. The van der Waals surface area contributed by atoms with E-state index in [0.29, 0.717) is 30.8 Å². The lowest BCUT2D eigenvalue weighted by atomic mass is 10.1. The fraction of sp³-hybridized carbons (Fsp3) is 0.333. The van der Waals surface area contributed by atoms with Gasteiger partial charge in [-0.15, -0.1) is 11.3 Å². The SMILES string of the molecule is NC(=O)CCc1ccc(NC(=O)CCc2nc3sc4c(c3c(=O)[nH]2)CCC4)cc1. The number of aromatic amines is 1. The first-order valence-electron chi connectivity index (χ1n) is 9.70. The quantitative estimate of drug-likeness (QED) is 0.554. The zero-order valence-electron chi connectivity index (χ0n) is 15.9. The number of anilines is 1. The first-order chi connectivity index (χ1) is 14.0. The van der Waals surface area contributed by atoms with Gasteiger partial charge in [0.2, 0.25) is 11.8 Å². The number of H-pyrrole nitrogens is 1. The van der Waals surface area contributed by atoms with Crippen LogP contribution in [0.2, 0.25) is 0 Å². The van der Waals surface area contributed by atoms with Crippen LogP contribution in [0.1, 0.15) is 41.1 Å². The molecule has 7 nitrogen and oxygen atoms in total. The van der Waals surface area contributed by atoms with Gasteiger partial charge in [0.1, 0.15) is 10.7 Å². The molecule has 0 atom stereocenters. The Bertz CT molecular complexity index is 1130. The molecular formula is C21H22N4O3S. The minimum absolute atomic E-state index is 0.101. The van der Waals surface area contributed by atoms with Gasteiger partial charge in [-0.25, -0.2) is 4.98 Å². The average Bonchev–Trinajstić information content (AvgIpc) is 3.26. The molecule has 0 aliphatic heterocycles. The molecule has 0 saturated carbocycles. The van der Waals surface area contributed by atoms with Crippen molar-refractivity contribution in [2.45, 2.75) is 44.9 Å². The van der Waals surface area contributed by atoms with Crippen molar-refractivity contribution in [2.24, 2.45) is 5.73 Å². The number of hydrogen-bond donors (Lipinski definition) is 3. The van der Waals surface area contributed by atoms with Crippen LogP contribution in [0.3, 0.4) is 0 Å². The smallest absolute Gasteiger partial charge is 0.259 e. The second-order valence-corrected chi connectivity index (χ2v) is 8.35. The Morgan fingerprint density at radius 3 is 2.69 bits per heavy atom. The Labute approximate surface area is 171 Å². The molecule has 29 heavy (non-hydrogen) atoms. The maximum absolute atomic E-state index is 12.5. The molecule has 3 aromatic rings. The number of hydrogen-bond acceptors (Lipinski definition) is 5. The van der Waals surface area contributed by atoms with Crippen molar-refractivity contribution >= 4 is 39.1 Å². The van der Waals surface area contributed by atoms with E-state index in [0.717, 1.165) is 40.6 Å². The normalized spacial score (nSPS) is 12.8. The fourth-order valence-electron chi connectivity index (χ4n) is 3.64. The number of carbonyl (C=O) groups is 2. The number of amides is 2. The van der Waals surface area contributed by atoms with Crippen LogP contribution in [0.25, 0.3) is 10.2 Å². The van der Waals surface area contributed by atoms with E-state index in [1.807, 2.05) is 12.1 Å². The van der Waals surface area contributed by atoms with E-state index in [4.69, 9.17) is 5.73 Å². The third-order valence-electron chi connectivity index (χ3n) is 5.11. The molecule has 0 fully saturated rings. The molecule has 0 bridgehead atoms. The molecule has 4 rings (SSSR count). The standard InChI is InChI=1S/C21H22N4O3S/c22-16(26)9-6-12-4-7-13(8-5-12)23-18(27)11-10-17-24-20(28)19-14-2-1-3-15(14)29-21(19)25-17/h4-5,7-8H,1-3,6,9-11H2,(H2,22,26)(H,23,27)(H,24,25,28). The fourth-order valence-corrected chi connectivity index (χ4v) is 4.92. The molecule has 1 aliphatic carbocycles. The number of nitrogens with one attached hydrogen (secondary N) is 2. The molecule has 0 radical (unpaired) electrons. The molecule has 2 aromatic heterocycles. The molecular weight excluding hydrogens is 388 g/mol. The van der Waals surface area contributed by atoms with Gasteiger partial charge in [0, 0.05) is 29.8 Å². The number of nitrogens with two attached hydrogens (primary N) is 1. The Hall–Kier alpha value is -3.00. The van der Waals surface area contributed by atoms with Gasteiger partial charge in [0.15, 0.2) is 0 Å². The summed E-state index contributed by atoms with van der Waals surface area (Å²) in [5.41, 5.74) is 7.88. The number of nitrogens with zero attached hydrogens (tertiary/aromatic N) is 1. The number of benzene rings is 1. The highest BCUT2D eigenvalue weighted by Gasteiger charge is 2.21. The highest BCUT2D eigenvalue weighted by molar-refractivity contribution is 7.18. The summed E-state index contributed by atoms with van der Waals surface area (Å²) in [6.45, 7) is 0. The Balaban J connectivity index is 1.36. The first-order valence-corrected chi connectivity index (χ1v) is 10.5. The zero-order chi connectivity index (χ0) is 20.4. The summed E-state index contributed by atoms with van der Waals surface area (Å²) in [6, 6.07) is 7.32. The Morgan fingerprint density at radius 2 is 1.93 bits per heavy atom. The van der Waals surface area contributed by atoms with Crippen LogP contribution < -0.4 is 16.6 Å². The van der Waals surface area contributed by atoms with E-state index < -0.39 is 0 Å². The van der Waals surface area contributed by atoms with Crippen LogP contribution in [-0.4, -0.2) is 21.8 Å². The maximum atomic E-state index is 12.5. The predicted octanol–water partition coefficient (Wildman–Crippen LogP) is 2.46. The summed E-state index contributed by atoms with van der Waals surface area (Å²) in [6.07, 6.45) is 4.55. The van der Waals surface area contributed by atoms with Crippen molar-refractivity contribution < 1.29 is 9.59 Å². The van der Waals surface area contributed by atoms with Gasteiger partial charge in [0.25, 0.3) is 5.56 Å². The number of rotatable bonds is 7. The van der Waals surface area contributed by atoms with Gasteiger partial charge in [-0.1, -0.05) is 12.1 Å². The van der Waals surface area contributed by atoms with Crippen molar-refractivity contribution in [3.63, 3.8) is 0 Å². The molecule has 0 unspecified atom stereocenters. The largest absolute Gasteiger partial charge is 0.370 e. The second-order valence-electron chi connectivity index (χ2n) is 7.26. The van der Waals surface area contributed by atoms with Crippen molar-refractivity contribution in [2.75, 3.05) is 5.32 Å². The molecule has 8 heteroatoms. The Morgan fingerprint density at radius 1 is 1.14 bits per heavy atom. The lowest BCUT2D eigenvalue weighted by molar-refractivity contribution is -0.118. The molecule has 0 saturated heterocycles. The van der Waals surface area contributed by atoms with Crippen molar-refractivity contribution in [1.29, 1.82) is 0 Å². The van der Waals surface area contributed by atoms with Gasteiger partial charge in [-0.05, 0) is 48.9 Å². The second kappa shape index (κ2) is 8.16. The van der Waals surface area contributed by atoms with E-state index in [2.05, 4.69) is 15.3 Å². The number of thiophene rings is 1. The highest BCUT2D eigenvalue weighted by atomic mass is 32.1. The van der Waals surface area contributed by atoms with Crippen molar-refractivity contribution in [3.05, 3.63) is 56.4 Å². The van der Waals surface area contributed by atoms with Crippen LogP contribution in [0.15, 0.2) is 29.1 Å². The first kappa shape index (κ1) is 19.3. The third-order valence-corrected chi connectivity index (χ3v) is 6.30.